The van der Waals surface area contributed by atoms with Gasteiger partial charge in [-0.25, -0.2) is 14.8 Å². The highest BCUT2D eigenvalue weighted by Crippen LogP contribution is 2.37. The van der Waals surface area contributed by atoms with Crippen LogP contribution in [-0.4, -0.2) is 22.5 Å². The molecule has 4 heteroatoms. The summed E-state index contributed by atoms with van der Waals surface area (Å²) in [6.07, 6.45) is 2.29. The van der Waals surface area contributed by atoms with Gasteiger partial charge in [0.2, 0.25) is 0 Å². The minimum atomic E-state index is -0.517. The molecule has 0 spiro atoms. The van der Waals surface area contributed by atoms with Gasteiger partial charge in [0.05, 0.1) is 6.61 Å². The smallest absolute Gasteiger partial charge is 0.384 e. The minimum Gasteiger partial charge on any atom is -0.456 e. The molecule has 0 bridgehead atoms. The van der Waals surface area contributed by atoms with E-state index in [1.807, 2.05) is 6.92 Å². The van der Waals surface area contributed by atoms with E-state index in [9.17, 15) is 4.79 Å². The minimum absolute atomic E-state index is 0.337. The molecule has 1 aromatic heterocycles. The Kier molecular flexibility index (Phi) is 3.38. The second-order valence-electron chi connectivity index (χ2n) is 4.00. The molecule has 1 fully saturated rings. The molecule has 0 N–H and O–H groups in total. The van der Waals surface area contributed by atoms with Crippen molar-refractivity contribution in [2.24, 2.45) is 0 Å². The van der Waals surface area contributed by atoms with Crippen LogP contribution in [0.15, 0.2) is 6.07 Å². The lowest BCUT2D eigenvalue weighted by Crippen LogP contribution is -2.01. The molecule has 0 aromatic carbocycles. The van der Waals surface area contributed by atoms with E-state index in [1.54, 1.807) is 13.0 Å². The summed E-state index contributed by atoms with van der Waals surface area (Å²) >= 11 is 0. The molecular weight excluding hydrogens is 216 g/mol. The van der Waals surface area contributed by atoms with Crippen molar-refractivity contribution in [2.45, 2.75) is 32.6 Å². The summed E-state index contributed by atoms with van der Waals surface area (Å²) in [6.45, 7) is 3.99. The predicted molar refractivity (Wildman–Crippen MR) is 62.3 cm³/mol. The van der Waals surface area contributed by atoms with E-state index in [1.165, 1.54) is 0 Å². The molecule has 88 valence electrons. The number of aryl methyl sites for hydroxylation is 1. The van der Waals surface area contributed by atoms with Gasteiger partial charge in [-0.3, -0.25) is 0 Å². The fourth-order valence-electron chi connectivity index (χ4n) is 1.46. The van der Waals surface area contributed by atoms with Crippen LogP contribution in [0.3, 0.4) is 0 Å². The van der Waals surface area contributed by atoms with Crippen molar-refractivity contribution < 1.29 is 9.53 Å². The average Bonchev–Trinajstić information content (AvgIpc) is 3.10. The van der Waals surface area contributed by atoms with Gasteiger partial charge in [0.1, 0.15) is 11.5 Å². The molecule has 2 rings (SSSR count). The molecule has 1 aliphatic rings. The summed E-state index contributed by atoms with van der Waals surface area (Å²) in [7, 11) is 0. The van der Waals surface area contributed by atoms with Crippen LogP contribution in [0, 0.1) is 18.8 Å². The van der Waals surface area contributed by atoms with Crippen LogP contribution in [0.4, 0.5) is 0 Å². The Hall–Kier alpha value is -1.89. The summed E-state index contributed by atoms with van der Waals surface area (Å²) < 4.78 is 4.73. The highest BCUT2D eigenvalue weighted by molar-refractivity contribution is 5.88. The van der Waals surface area contributed by atoms with Crippen molar-refractivity contribution in [3.8, 4) is 11.8 Å². The molecule has 1 aromatic rings. The Morgan fingerprint density at radius 3 is 2.94 bits per heavy atom. The fraction of sp³-hybridized carbons (Fsp3) is 0.462. The van der Waals surface area contributed by atoms with Crippen LogP contribution >= 0.6 is 0 Å². The lowest BCUT2D eigenvalue weighted by molar-refractivity contribution is -0.136. The number of hydrogen-bond acceptors (Lipinski definition) is 4. The number of hydrogen-bond donors (Lipinski definition) is 0. The number of ether oxygens (including phenoxy) is 1. The topological polar surface area (TPSA) is 52.1 Å². The fourth-order valence-corrected chi connectivity index (χ4v) is 1.46. The highest BCUT2D eigenvalue weighted by atomic mass is 16.5. The quantitative estimate of drug-likeness (QED) is 0.571. The molecule has 0 amide bonds. The maximum Gasteiger partial charge on any atom is 0.384 e. The van der Waals surface area contributed by atoms with Gasteiger partial charge < -0.3 is 4.74 Å². The normalized spacial score (nSPS) is 13.8. The van der Waals surface area contributed by atoms with Crippen molar-refractivity contribution in [3.05, 3.63) is 23.3 Å². The van der Waals surface area contributed by atoms with Crippen LogP contribution in [0.5, 0.6) is 0 Å². The van der Waals surface area contributed by atoms with Crippen LogP contribution < -0.4 is 0 Å². The Balaban J connectivity index is 2.17. The van der Waals surface area contributed by atoms with E-state index < -0.39 is 5.97 Å². The molecule has 1 heterocycles. The Morgan fingerprint density at radius 1 is 1.53 bits per heavy atom. The summed E-state index contributed by atoms with van der Waals surface area (Å²) in [6, 6.07) is 1.78. The second-order valence-corrected chi connectivity index (χ2v) is 4.00. The molecule has 0 unspecified atom stereocenters. The van der Waals surface area contributed by atoms with Gasteiger partial charge in [-0.05, 0) is 38.7 Å². The zero-order valence-electron chi connectivity index (χ0n) is 9.99. The Bertz CT molecular complexity index is 496. The van der Waals surface area contributed by atoms with Gasteiger partial charge in [0.15, 0.2) is 0 Å². The van der Waals surface area contributed by atoms with E-state index in [-0.39, 0.29) is 0 Å². The lowest BCUT2D eigenvalue weighted by atomic mass is 10.3. The van der Waals surface area contributed by atoms with Crippen molar-refractivity contribution in [3.63, 3.8) is 0 Å². The van der Waals surface area contributed by atoms with Gasteiger partial charge >= 0.3 is 5.97 Å². The molecule has 17 heavy (non-hydrogen) atoms. The summed E-state index contributed by atoms with van der Waals surface area (Å²) in [5.74, 6) is 5.94. The van der Waals surface area contributed by atoms with Crippen molar-refractivity contribution in [1.82, 2.24) is 9.97 Å². The molecule has 1 saturated carbocycles. The van der Waals surface area contributed by atoms with E-state index in [2.05, 4.69) is 21.8 Å². The number of carbonyl (C=O) groups is 1. The number of carbonyl (C=O) groups excluding carboxylic acids is 1. The van der Waals surface area contributed by atoms with Gasteiger partial charge in [0.25, 0.3) is 0 Å². The molecule has 0 saturated heterocycles. The molecular formula is C13H14N2O2. The number of rotatable bonds is 2. The first-order valence-electron chi connectivity index (χ1n) is 5.73. The summed E-state index contributed by atoms with van der Waals surface area (Å²) in [4.78, 5) is 19.8. The SMILES string of the molecule is CCOC(=O)C#Cc1cc(C)nc(C2CC2)n1. The van der Waals surface area contributed by atoms with Crippen molar-refractivity contribution >= 4 is 5.97 Å². The van der Waals surface area contributed by atoms with Crippen LogP contribution in [-0.2, 0) is 9.53 Å². The average molecular weight is 230 g/mol. The second kappa shape index (κ2) is 4.96. The predicted octanol–water partition coefficient (Wildman–Crippen LogP) is 1.58. The van der Waals surface area contributed by atoms with Gasteiger partial charge in [-0.15, -0.1) is 0 Å². The van der Waals surface area contributed by atoms with Gasteiger partial charge in [-0.1, -0.05) is 0 Å². The third-order valence-corrected chi connectivity index (χ3v) is 2.38. The first-order chi connectivity index (χ1) is 8.19. The third kappa shape index (κ3) is 3.28. The molecule has 0 aliphatic heterocycles. The van der Waals surface area contributed by atoms with E-state index in [4.69, 9.17) is 4.74 Å². The molecule has 0 atom stereocenters. The van der Waals surface area contributed by atoms with Gasteiger partial charge in [0, 0.05) is 17.5 Å². The van der Waals surface area contributed by atoms with E-state index >= 15 is 0 Å². The molecule has 1 aliphatic carbocycles. The zero-order valence-corrected chi connectivity index (χ0v) is 9.99. The van der Waals surface area contributed by atoms with E-state index in [0.717, 1.165) is 24.4 Å². The van der Waals surface area contributed by atoms with Gasteiger partial charge in [-0.2, -0.15) is 0 Å². The lowest BCUT2D eigenvalue weighted by Gasteiger charge is -1.99. The van der Waals surface area contributed by atoms with Crippen molar-refractivity contribution in [1.29, 1.82) is 0 Å². The van der Waals surface area contributed by atoms with Crippen LogP contribution in [0.1, 0.15) is 42.9 Å². The Morgan fingerprint density at radius 2 is 2.29 bits per heavy atom. The first-order valence-corrected chi connectivity index (χ1v) is 5.73. The molecule has 0 radical (unpaired) electrons. The third-order valence-electron chi connectivity index (χ3n) is 2.38. The maximum atomic E-state index is 11.1. The monoisotopic (exact) mass is 230 g/mol. The largest absolute Gasteiger partial charge is 0.456 e. The maximum absolute atomic E-state index is 11.1. The zero-order chi connectivity index (χ0) is 12.3. The molecule has 4 nitrogen and oxygen atoms in total. The highest BCUT2D eigenvalue weighted by Gasteiger charge is 2.26. The van der Waals surface area contributed by atoms with Crippen LogP contribution in [0.2, 0.25) is 0 Å². The van der Waals surface area contributed by atoms with E-state index in [0.29, 0.717) is 18.2 Å². The first kappa shape index (κ1) is 11.6. The van der Waals surface area contributed by atoms with Crippen LogP contribution in [0.25, 0.3) is 0 Å². The Labute approximate surface area is 100 Å². The summed E-state index contributed by atoms with van der Waals surface area (Å²) in [5, 5.41) is 0. The standard InChI is InChI=1S/C13H14N2O2/c1-3-17-12(16)7-6-11-8-9(2)14-13(15-11)10-4-5-10/h8,10H,3-5H2,1-2H3. The van der Waals surface area contributed by atoms with Crippen molar-refractivity contribution in [2.75, 3.05) is 6.61 Å². The summed E-state index contributed by atoms with van der Waals surface area (Å²) in [5.41, 5.74) is 1.47. The number of esters is 1. The number of nitrogens with zero attached hydrogens (tertiary/aromatic N) is 2. The number of aromatic nitrogens is 2.